The number of rotatable bonds is 6. The lowest BCUT2D eigenvalue weighted by Crippen LogP contribution is -2.23. The van der Waals surface area contributed by atoms with E-state index in [1.54, 1.807) is 28.4 Å². The SMILES string of the molecule is CCc1cnnn1-c1cc(C(=O)NCc2ccc(C)nc2)cn2c(-c3ccc(C)s3)cnc12. The molecule has 0 radical (unpaired) electrons. The van der Waals surface area contributed by atoms with E-state index < -0.39 is 0 Å². The van der Waals surface area contributed by atoms with Gasteiger partial charge in [0.25, 0.3) is 5.91 Å². The standard InChI is InChI=1S/C24H23N7OS/c1-4-19-12-28-29-31(19)20-9-18(24(32)27-11-17-7-5-15(2)25-10-17)14-30-21(13-26-23(20)30)22-8-6-16(3)33-22/h5-10,12-14H,4,11H2,1-3H3,(H,27,32). The maximum atomic E-state index is 13.2. The number of nitrogens with zero attached hydrogens (tertiary/aromatic N) is 6. The molecule has 5 aromatic rings. The molecule has 0 unspecified atom stereocenters. The molecule has 0 aliphatic carbocycles. The molecular formula is C24H23N7OS. The third-order valence-electron chi connectivity index (χ3n) is 5.48. The van der Waals surface area contributed by atoms with Crippen molar-refractivity contribution in [2.75, 3.05) is 0 Å². The summed E-state index contributed by atoms with van der Waals surface area (Å²) in [7, 11) is 0. The fourth-order valence-electron chi connectivity index (χ4n) is 3.69. The zero-order valence-electron chi connectivity index (χ0n) is 18.6. The molecule has 0 spiro atoms. The summed E-state index contributed by atoms with van der Waals surface area (Å²) in [6, 6.07) is 9.88. The Morgan fingerprint density at radius 2 is 1.97 bits per heavy atom. The van der Waals surface area contributed by atoms with Crippen molar-refractivity contribution in [3.8, 4) is 16.3 Å². The van der Waals surface area contributed by atoms with E-state index in [0.29, 0.717) is 17.8 Å². The lowest BCUT2D eigenvalue weighted by molar-refractivity contribution is 0.0950. The third-order valence-corrected chi connectivity index (χ3v) is 6.50. The first-order valence-electron chi connectivity index (χ1n) is 10.7. The van der Waals surface area contributed by atoms with Crippen LogP contribution in [0, 0.1) is 13.8 Å². The van der Waals surface area contributed by atoms with Crippen molar-refractivity contribution >= 4 is 22.9 Å². The van der Waals surface area contributed by atoms with E-state index in [0.717, 1.165) is 39.6 Å². The van der Waals surface area contributed by atoms with Gasteiger partial charge in [-0.05, 0) is 50.1 Å². The lowest BCUT2D eigenvalue weighted by Gasteiger charge is -2.12. The average Bonchev–Trinajstić information content (AvgIpc) is 3.56. The van der Waals surface area contributed by atoms with E-state index >= 15 is 0 Å². The molecule has 1 N–H and O–H groups in total. The van der Waals surface area contributed by atoms with Crippen molar-refractivity contribution in [2.45, 2.75) is 33.7 Å². The molecule has 0 saturated carbocycles. The number of fused-ring (bicyclic) bond motifs is 1. The van der Waals surface area contributed by atoms with Crippen LogP contribution in [0.2, 0.25) is 0 Å². The summed E-state index contributed by atoms with van der Waals surface area (Å²) in [5, 5.41) is 11.3. The maximum Gasteiger partial charge on any atom is 0.253 e. The Balaban J connectivity index is 1.59. The number of pyridine rings is 2. The van der Waals surface area contributed by atoms with Crippen LogP contribution >= 0.6 is 11.3 Å². The molecule has 0 aliphatic rings. The van der Waals surface area contributed by atoms with Gasteiger partial charge in [0, 0.05) is 29.5 Å². The Morgan fingerprint density at radius 1 is 1.09 bits per heavy atom. The first-order valence-corrected chi connectivity index (χ1v) is 11.5. The molecule has 33 heavy (non-hydrogen) atoms. The summed E-state index contributed by atoms with van der Waals surface area (Å²) >= 11 is 1.69. The molecule has 0 atom stereocenters. The van der Waals surface area contributed by atoms with Gasteiger partial charge in [-0.15, -0.1) is 16.4 Å². The minimum atomic E-state index is -0.182. The molecule has 0 bridgehead atoms. The van der Waals surface area contributed by atoms with Crippen molar-refractivity contribution < 1.29 is 4.79 Å². The van der Waals surface area contributed by atoms with E-state index in [9.17, 15) is 4.79 Å². The van der Waals surface area contributed by atoms with Crippen LogP contribution in [-0.2, 0) is 13.0 Å². The average molecular weight is 458 g/mol. The molecule has 5 heterocycles. The Hall–Kier alpha value is -3.85. The highest BCUT2D eigenvalue weighted by Gasteiger charge is 2.18. The molecule has 5 aromatic heterocycles. The van der Waals surface area contributed by atoms with Gasteiger partial charge in [-0.3, -0.25) is 14.2 Å². The van der Waals surface area contributed by atoms with Crippen molar-refractivity contribution in [3.63, 3.8) is 0 Å². The van der Waals surface area contributed by atoms with Gasteiger partial charge in [0.1, 0.15) is 5.69 Å². The van der Waals surface area contributed by atoms with Gasteiger partial charge in [0.05, 0.1) is 34.2 Å². The Morgan fingerprint density at radius 3 is 2.70 bits per heavy atom. The van der Waals surface area contributed by atoms with Crippen LogP contribution in [0.15, 0.2) is 55.1 Å². The molecule has 0 aliphatic heterocycles. The molecule has 0 fully saturated rings. The first kappa shape index (κ1) is 21.0. The Labute approximate surface area is 194 Å². The van der Waals surface area contributed by atoms with Gasteiger partial charge in [0.15, 0.2) is 5.65 Å². The van der Waals surface area contributed by atoms with Crippen LogP contribution in [0.1, 0.15) is 39.1 Å². The monoisotopic (exact) mass is 457 g/mol. The van der Waals surface area contributed by atoms with Gasteiger partial charge >= 0.3 is 0 Å². The van der Waals surface area contributed by atoms with E-state index in [4.69, 9.17) is 0 Å². The highest BCUT2D eigenvalue weighted by Crippen LogP contribution is 2.30. The van der Waals surface area contributed by atoms with Crippen LogP contribution < -0.4 is 5.32 Å². The van der Waals surface area contributed by atoms with Gasteiger partial charge in [-0.25, -0.2) is 9.67 Å². The first-order chi connectivity index (χ1) is 16.0. The Bertz CT molecular complexity index is 1450. The predicted molar refractivity (Wildman–Crippen MR) is 128 cm³/mol. The zero-order chi connectivity index (χ0) is 22.9. The number of aryl methyl sites for hydroxylation is 3. The van der Waals surface area contributed by atoms with Crippen molar-refractivity contribution in [2.24, 2.45) is 0 Å². The molecule has 0 aromatic carbocycles. The smallest absolute Gasteiger partial charge is 0.253 e. The summed E-state index contributed by atoms with van der Waals surface area (Å²) in [5.74, 6) is -0.182. The molecule has 166 valence electrons. The van der Waals surface area contributed by atoms with E-state index in [2.05, 4.69) is 44.7 Å². The minimum absolute atomic E-state index is 0.182. The van der Waals surface area contributed by atoms with Crippen LogP contribution in [0.3, 0.4) is 0 Å². The quantitative estimate of drug-likeness (QED) is 0.414. The number of carbonyl (C=O) groups is 1. The van der Waals surface area contributed by atoms with Crippen LogP contribution in [0.25, 0.3) is 21.9 Å². The molecule has 1 amide bonds. The highest BCUT2D eigenvalue weighted by atomic mass is 32.1. The largest absolute Gasteiger partial charge is 0.348 e. The molecule has 5 rings (SSSR count). The van der Waals surface area contributed by atoms with Gasteiger partial charge in [-0.2, -0.15) is 0 Å². The second kappa shape index (κ2) is 8.59. The number of nitrogens with one attached hydrogen (secondary N) is 1. The molecule has 9 heteroatoms. The lowest BCUT2D eigenvalue weighted by atomic mass is 10.2. The zero-order valence-corrected chi connectivity index (χ0v) is 19.4. The molecule has 0 saturated heterocycles. The maximum absolute atomic E-state index is 13.2. The van der Waals surface area contributed by atoms with Crippen molar-refractivity contribution in [3.05, 3.63) is 82.5 Å². The summed E-state index contributed by atoms with van der Waals surface area (Å²) in [6.45, 7) is 6.45. The normalized spacial score (nSPS) is 11.2. The number of hydrogen-bond acceptors (Lipinski definition) is 6. The van der Waals surface area contributed by atoms with Crippen molar-refractivity contribution in [1.82, 2.24) is 34.7 Å². The highest BCUT2D eigenvalue weighted by molar-refractivity contribution is 7.15. The topological polar surface area (TPSA) is 90.0 Å². The second-order valence-corrected chi connectivity index (χ2v) is 9.13. The predicted octanol–water partition coefficient (Wildman–Crippen LogP) is 4.15. The fourth-order valence-corrected chi connectivity index (χ4v) is 4.57. The van der Waals surface area contributed by atoms with Crippen LogP contribution in [0.4, 0.5) is 0 Å². The van der Waals surface area contributed by atoms with E-state index in [1.807, 2.05) is 48.8 Å². The number of thiophene rings is 1. The number of aromatic nitrogens is 6. The van der Waals surface area contributed by atoms with Gasteiger partial charge in [0.2, 0.25) is 0 Å². The third kappa shape index (κ3) is 4.03. The summed E-state index contributed by atoms with van der Waals surface area (Å²) in [5.41, 5.74) is 5.71. The minimum Gasteiger partial charge on any atom is -0.348 e. The van der Waals surface area contributed by atoms with Gasteiger partial charge < -0.3 is 5.32 Å². The number of amides is 1. The van der Waals surface area contributed by atoms with Crippen molar-refractivity contribution in [1.29, 1.82) is 0 Å². The van der Waals surface area contributed by atoms with Crippen LogP contribution in [0.5, 0.6) is 0 Å². The number of hydrogen-bond donors (Lipinski definition) is 1. The van der Waals surface area contributed by atoms with E-state index in [-0.39, 0.29) is 5.91 Å². The summed E-state index contributed by atoms with van der Waals surface area (Å²) < 4.78 is 3.72. The fraction of sp³-hybridized carbons (Fsp3) is 0.208. The number of carbonyl (C=O) groups excluding carboxylic acids is 1. The number of imidazole rings is 1. The Kier molecular flexibility index (Phi) is 5.47. The second-order valence-electron chi connectivity index (χ2n) is 7.84. The van der Waals surface area contributed by atoms with Crippen LogP contribution in [-0.4, -0.2) is 35.3 Å². The molecule has 8 nitrogen and oxygen atoms in total. The molecular weight excluding hydrogens is 434 g/mol. The summed E-state index contributed by atoms with van der Waals surface area (Å²) in [4.78, 5) is 24.4. The van der Waals surface area contributed by atoms with E-state index in [1.165, 1.54) is 4.88 Å². The summed E-state index contributed by atoms with van der Waals surface area (Å²) in [6.07, 6.45) is 7.95. The van der Waals surface area contributed by atoms with Gasteiger partial charge in [-0.1, -0.05) is 18.2 Å².